The highest BCUT2D eigenvalue weighted by Gasteiger charge is 2.41. The summed E-state index contributed by atoms with van der Waals surface area (Å²) < 4.78 is 5.28. The molecule has 2 aromatic rings. The van der Waals surface area contributed by atoms with Gasteiger partial charge in [0.15, 0.2) is 5.82 Å². The van der Waals surface area contributed by atoms with Gasteiger partial charge in [0.2, 0.25) is 11.8 Å². The van der Waals surface area contributed by atoms with E-state index in [-0.39, 0.29) is 30.3 Å². The number of hydrogen-bond donors (Lipinski definition) is 0. The van der Waals surface area contributed by atoms with Gasteiger partial charge in [0.25, 0.3) is 0 Å². The highest BCUT2D eigenvalue weighted by molar-refractivity contribution is 5.87. The zero-order valence-corrected chi connectivity index (χ0v) is 18.4. The Hall–Kier alpha value is -3.16. The molecular formula is C24H29N5O3. The van der Waals surface area contributed by atoms with Crippen molar-refractivity contribution in [1.82, 2.24) is 20.0 Å². The maximum atomic E-state index is 12.9. The first-order valence-electron chi connectivity index (χ1n) is 11.4. The number of carbonyl (C=O) groups excluding carboxylic acids is 2. The van der Waals surface area contributed by atoms with Crippen LogP contribution in [0.4, 0.5) is 5.82 Å². The van der Waals surface area contributed by atoms with Crippen molar-refractivity contribution in [3.05, 3.63) is 36.4 Å². The fourth-order valence-electron chi connectivity index (χ4n) is 4.20. The molecule has 0 unspecified atom stereocenters. The zero-order valence-electron chi connectivity index (χ0n) is 18.4. The lowest BCUT2D eigenvalue weighted by Gasteiger charge is -2.36. The fourth-order valence-corrected chi connectivity index (χ4v) is 4.20. The molecule has 2 aliphatic carbocycles. The van der Waals surface area contributed by atoms with E-state index in [9.17, 15) is 9.59 Å². The van der Waals surface area contributed by atoms with Crippen LogP contribution in [0.15, 0.2) is 36.4 Å². The number of carbonyl (C=O) groups is 2. The van der Waals surface area contributed by atoms with Gasteiger partial charge in [-0.1, -0.05) is 12.1 Å². The molecule has 0 spiro atoms. The summed E-state index contributed by atoms with van der Waals surface area (Å²) >= 11 is 0. The van der Waals surface area contributed by atoms with Crippen LogP contribution in [0.2, 0.25) is 0 Å². The third kappa shape index (κ3) is 4.54. The Balaban J connectivity index is 1.16. The number of anilines is 1. The summed E-state index contributed by atoms with van der Waals surface area (Å²) in [6.07, 6.45) is 4.02. The first-order valence-corrected chi connectivity index (χ1v) is 11.4. The molecule has 2 saturated carbocycles. The van der Waals surface area contributed by atoms with E-state index in [0.29, 0.717) is 26.2 Å². The SMILES string of the molecule is COc1cccc(-c2ccc(N3CCN(C(=O)CN(C(=O)C4CC4)C4CC4)CC3)nn2)c1. The second-order valence-electron chi connectivity index (χ2n) is 8.85. The van der Waals surface area contributed by atoms with Crippen molar-refractivity contribution in [2.75, 3.05) is 44.7 Å². The molecule has 32 heavy (non-hydrogen) atoms. The summed E-state index contributed by atoms with van der Waals surface area (Å²) in [5.41, 5.74) is 1.75. The number of benzene rings is 1. The van der Waals surface area contributed by atoms with Gasteiger partial charge in [-0.2, -0.15) is 0 Å². The van der Waals surface area contributed by atoms with Crippen LogP contribution in [0.5, 0.6) is 5.75 Å². The molecule has 0 N–H and O–H groups in total. The Morgan fingerprint density at radius 3 is 2.44 bits per heavy atom. The van der Waals surface area contributed by atoms with E-state index in [1.165, 1.54) is 0 Å². The second-order valence-corrected chi connectivity index (χ2v) is 8.85. The monoisotopic (exact) mass is 435 g/mol. The van der Waals surface area contributed by atoms with Crippen LogP contribution in [-0.4, -0.2) is 77.7 Å². The lowest BCUT2D eigenvalue weighted by Crippen LogP contribution is -2.52. The van der Waals surface area contributed by atoms with Crippen molar-refractivity contribution in [1.29, 1.82) is 0 Å². The lowest BCUT2D eigenvalue weighted by molar-refractivity contribution is -0.142. The second kappa shape index (κ2) is 8.76. The Labute approximate surface area is 188 Å². The summed E-state index contributed by atoms with van der Waals surface area (Å²) in [5.74, 6) is 2.01. The fraction of sp³-hybridized carbons (Fsp3) is 0.500. The first kappa shape index (κ1) is 20.7. The van der Waals surface area contributed by atoms with E-state index < -0.39 is 0 Å². The van der Waals surface area contributed by atoms with Crippen LogP contribution in [-0.2, 0) is 9.59 Å². The summed E-state index contributed by atoms with van der Waals surface area (Å²) in [5, 5.41) is 8.80. The van der Waals surface area contributed by atoms with Crippen molar-refractivity contribution in [3.8, 4) is 17.0 Å². The maximum absolute atomic E-state index is 12.9. The van der Waals surface area contributed by atoms with Crippen molar-refractivity contribution in [2.24, 2.45) is 5.92 Å². The van der Waals surface area contributed by atoms with Crippen LogP contribution >= 0.6 is 0 Å². The van der Waals surface area contributed by atoms with Gasteiger partial charge in [0.1, 0.15) is 12.3 Å². The average molecular weight is 436 g/mol. The average Bonchev–Trinajstić information content (AvgIpc) is 3.75. The van der Waals surface area contributed by atoms with Crippen molar-refractivity contribution in [2.45, 2.75) is 31.7 Å². The Morgan fingerprint density at radius 1 is 1.03 bits per heavy atom. The van der Waals surface area contributed by atoms with Gasteiger partial charge in [0.05, 0.1) is 12.8 Å². The normalized spacial score (nSPS) is 18.4. The molecule has 1 aromatic carbocycles. The molecule has 2 amide bonds. The minimum atomic E-state index is 0.0602. The number of hydrogen-bond acceptors (Lipinski definition) is 6. The molecule has 0 atom stereocenters. The minimum Gasteiger partial charge on any atom is -0.497 e. The molecule has 168 valence electrons. The Kier molecular flexibility index (Phi) is 5.68. The highest BCUT2D eigenvalue weighted by atomic mass is 16.5. The molecule has 5 rings (SSSR count). The number of methoxy groups -OCH3 is 1. The molecule has 1 aliphatic heterocycles. The van der Waals surface area contributed by atoms with Gasteiger partial charge in [0, 0.05) is 43.7 Å². The lowest BCUT2D eigenvalue weighted by atomic mass is 10.1. The van der Waals surface area contributed by atoms with E-state index in [2.05, 4.69) is 15.1 Å². The molecule has 2 heterocycles. The maximum Gasteiger partial charge on any atom is 0.242 e. The molecule has 0 bridgehead atoms. The van der Waals surface area contributed by atoms with Gasteiger partial charge >= 0.3 is 0 Å². The molecule has 3 fully saturated rings. The quantitative estimate of drug-likeness (QED) is 0.664. The summed E-state index contributed by atoms with van der Waals surface area (Å²) in [6.45, 7) is 2.91. The molecule has 1 aromatic heterocycles. The van der Waals surface area contributed by atoms with E-state index in [0.717, 1.165) is 48.5 Å². The van der Waals surface area contributed by atoms with Gasteiger partial charge in [-0.25, -0.2) is 0 Å². The van der Waals surface area contributed by atoms with Gasteiger partial charge in [-0.3, -0.25) is 9.59 Å². The smallest absolute Gasteiger partial charge is 0.242 e. The molecular weight excluding hydrogens is 406 g/mol. The third-order valence-corrected chi connectivity index (χ3v) is 6.48. The molecule has 8 nitrogen and oxygen atoms in total. The number of ether oxygens (including phenoxy) is 1. The Bertz CT molecular complexity index is 979. The zero-order chi connectivity index (χ0) is 22.1. The molecule has 0 radical (unpaired) electrons. The van der Waals surface area contributed by atoms with Gasteiger partial charge < -0.3 is 19.4 Å². The van der Waals surface area contributed by atoms with Crippen molar-refractivity contribution in [3.63, 3.8) is 0 Å². The van der Waals surface area contributed by atoms with Gasteiger partial charge in [-0.05, 0) is 49.9 Å². The van der Waals surface area contributed by atoms with Gasteiger partial charge in [-0.15, -0.1) is 10.2 Å². The largest absolute Gasteiger partial charge is 0.497 e. The number of amides is 2. The van der Waals surface area contributed by atoms with Crippen LogP contribution in [0, 0.1) is 5.92 Å². The molecule has 1 saturated heterocycles. The minimum absolute atomic E-state index is 0.0602. The predicted octanol–water partition coefficient (Wildman–Crippen LogP) is 2.20. The van der Waals surface area contributed by atoms with Crippen molar-refractivity contribution >= 4 is 17.6 Å². The van der Waals surface area contributed by atoms with Crippen LogP contribution < -0.4 is 9.64 Å². The summed E-state index contributed by atoms with van der Waals surface area (Å²) in [7, 11) is 1.65. The van der Waals surface area contributed by atoms with Crippen LogP contribution in [0.1, 0.15) is 25.7 Å². The number of nitrogens with zero attached hydrogens (tertiary/aromatic N) is 5. The van der Waals surface area contributed by atoms with Crippen LogP contribution in [0.25, 0.3) is 11.3 Å². The first-order chi connectivity index (χ1) is 15.6. The third-order valence-electron chi connectivity index (χ3n) is 6.48. The standard InChI is InChI=1S/C24H29N5O3/c1-32-20-4-2-3-18(15-20)21-9-10-22(26-25-21)27-11-13-28(14-12-27)23(30)16-29(19-7-8-19)24(31)17-5-6-17/h2-4,9-10,15,17,19H,5-8,11-14,16H2,1H3. The van der Waals surface area contributed by atoms with E-state index in [1.54, 1.807) is 7.11 Å². The van der Waals surface area contributed by atoms with E-state index in [1.807, 2.05) is 46.2 Å². The van der Waals surface area contributed by atoms with E-state index >= 15 is 0 Å². The predicted molar refractivity (Wildman–Crippen MR) is 120 cm³/mol. The summed E-state index contributed by atoms with van der Waals surface area (Å²) in [4.78, 5) is 31.3. The number of piperazine rings is 1. The number of rotatable bonds is 7. The van der Waals surface area contributed by atoms with E-state index in [4.69, 9.17) is 4.74 Å². The van der Waals surface area contributed by atoms with Crippen molar-refractivity contribution < 1.29 is 14.3 Å². The van der Waals surface area contributed by atoms with Crippen LogP contribution in [0.3, 0.4) is 0 Å². The molecule has 3 aliphatic rings. The topological polar surface area (TPSA) is 78.9 Å². The summed E-state index contributed by atoms with van der Waals surface area (Å²) in [6, 6.07) is 12.0. The molecule has 8 heteroatoms. The highest BCUT2D eigenvalue weighted by Crippen LogP contribution is 2.36. The Morgan fingerprint density at radius 2 is 1.81 bits per heavy atom. The number of aromatic nitrogens is 2.